The summed E-state index contributed by atoms with van der Waals surface area (Å²) in [6.45, 7) is 3.32. The van der Waals surface area contributed by atoms with E-state index in [9.17, 15) is 10.1 Å². The summed E-state index contributed by atoms with van der Waals surface area (Å²) in [6.07, 6.45) is 1.58. The highest BCUT2D eigenvalue weighted by atomic mass is 32.1. The predicted octanol–water partition coefficient (Wildman–Crippen LogP) is 3.63. The minimum absolute atomic E-state index is 0.0164. The first-order chi connectivity index (χ1) is 15.0. The SMILES string of the molecule is CC(C)Oc1ccc(-c2nnc(-c3cccc4c3CCC4NC(=O)CO)s2)cc1C#N. The van der Waals surface area contributed by atoms with Crippen molar-refractivity contribution in [1.29, 1.82) is 5.26 Å². The number of carbonyl (C=O) groups excluding carboxylic acids is 1. The number of nitrogens with one attached hydrogen (secondary N) is 1. The number of hydrogen-bond acceptors (Lipinski definition) is 7. The Morgan fingerprint density at radius 2 is 2.13 bits per heavy atom. The molecular weight excluding hydrogens is 412 g/mol. The first-order valence-electron chi connectivity index (χ1n) is 10.1. The van der Waals surface area contributed by atoms with Crippen molar-refractivity contribution in [2.75, 3.05) is 6.61 Å². The number of nitrogens with zero attached hydrogens (tertiary/aromatic N) is 3. The van der Waals surface area contributed by atoms with E-state index in [0.29, 0.717) is 11.3 Å². The van der Waals surface area contributed by atoms with E-state index in [1.165, 1.54) is 11.3 Å². The van der Waals surface area contributed by atoms with Crippen molar-refractivity contribution in [3.8, 4) is 33.0 Å². The van der Waals surface area contributed by atoms with Gasteiger partial charge in [-0.1, -0.05) is 29.5 Å². The summed E-state index contributed by atoms with van der Waals surface area (Å²) in [5.74, 6) is 0.183. The van der Waals surface area contributed by atoms with Gasteiger partial charge in [-0.25, -0.2) is 0 Å². The standard InChI is InChI=1S/C23H22N4O3S/c1-13(2)30-20-9-6-14(10-15(20)11-24)22-26-27-23(31-22)18-5-3-4-17-16(18)7-8-19(17)25-21(29)12-28/h3-6,9-10,13,19,28H,7-8,12H2,1-2H3,(H,25,29). The molecule has 0 radical (unpaired) electrons. The van der Waals surface area contributed by atoms with Crippen LogP contribution in [0.1, 0.15) is 43.0 Å². The van der Waals surface area contributed by atoms with Crippen molar-refractivity contribution in [3.05, 3.63) is 53.1 Å². The Balaban J connectivity index is 1.64. The van der Waals surface area contributed by atoms with E-state index in [2.05, 4.69) is 21.6 Å². The van der Waals surface area contributed by atoms with Crippen molar-refractivity contribution >= 4 is 17.2 Å². The molecule has 0 aliphatic heterocycles. The normalized spacial score (nSPS) is 14.9. The summed E-state index contributed by atoms with van der Waals surface area (Å²) in [5, 5.41) is 31.6. The van der Waals surface area contributed by atoms with Gasteiger partial charge in [0.2, 0.25) is 5.91 Å². The van der Waals surface area contributed by atoms with Crippen LogP contribution >= 0.6 is 11.3 Å². The number of aromatic nitrogens is 2. The zero-order valence-corrected chi connectivity index (χ0v) is 18.1. The Hall–Kier alpha value is -3.28. The maximum Gasteiger partial charge on any atom is 0.246 e. The molecule has 1 heterocycles. The molecule has 0 bridgehead atoms. The summed E-state index contributed by atoms with van der Waals surface area (Å²) in [6, 6.07) is 13.5. The fraction of sp³-hybridized carbons (Fsp3) is 0.304. The lowest BCUT2D eigenvalue weighted by Crippen LogP contribution is -2.29. The highest BCUT2D eigenvalue weighted by Gasteiger charge is 2.27. The van der Waals surface area contributed by atoms with Gasteiger partial charge in [-0.15, -0.1) is 10.2 Å². The highest BCUT2D eigenvalue weighted by molar-refractivity contribution is 7.17. The van der Waals surface area contributed by atoms with Crippen LogP contribution in [0.25, 0.3) is 21.1 Å². The van der Waals surface area contributed by atoms with Gasteiger partial charge in [0.05, 0.1) is 17.7 Å². The Bertz CT molecular complexity index is 1170. The molecular formula is C23H22N4O3S. The molecule has 1 aromatic heterocycles. The van der Waals surface area contributed by atoms with E-state index in [1.54, 1.807) is 12.1 Å². The van der Waals surface area contributed by atoms with Crippen LogP contribution in [-0.2, 0) is 11.2 Å². The third-order valence-corrected chi connectivity index (χ3v) is 6.12. The van der Waals surface area contributed by atoms with E-state index < -0.39 is 6.61 Å². The fourth-order valence-electron chi connectivity index (χ4n) is 3.80. The van der Waals surface area contributed by atoms with Crippen molar-refractivity contribution in [2.45, 2.75) is 38.8 Å². The lowest BCUT2D eigenvalue weighted by atomic mass is 10.0. The molecule has 2 N–H and O–H groups in total. The molecule has 3 aromatic rings. The largest absolute Gasteiger partial charge is 0.490 e. The van der Waals surface area contributed by atoms with Crippen molar-refractivity contribution in [2.24, 2.45) is 0 Å². The molecule has 1 unspecified atom stereocenters. The lowest BCUT2D eigenvalue weighted by molar-refractivity contribution is -0.124. The molecule has 0 saturated heterocycles. The third-order valence-electron chi connectivity index (χ3n) is 5.11. The van der Waals surface area contributed by atoms with Gasteiger partial charge in [-0.05, 0) is 56.0 Å². The fourth-order valence-corrected chi connectivity index (χ4v) is 4.69. The van der Waals surface area contributed by atoms with E-state index in [0.717, 1.165) is 45.1 Å². The number of aliphatic hydroxyl groups is 1. The maximum absolute atomic E-state index is 11.6. The minimum atomic E-state index is -0.517. The number of amides is 1. The third kappa shape index (κ3) is 4.29. The number of ether oxygens (including phenoxy) is 1. The average Bonchev–Trinajstić information content (AvgIpc) is 3.41. The van der Waals surface area contributed by atoms with E-state index >= 15 is 0 Å². The monoisotopic (exact) mass is 434 g/mol. The van der Waals surface area contributed by atoms with Gasteiger partial charge in [0.1, 0.15) is 28.4 Å². The van der Waals surface area contributed by atoms with Gasteiger partial charge >= 0.3 is 0 Å². The molecule has 0 saturated carbocycles. The van der Waals surface area contributed by atoms with Crippen molar-refractivity contribution < 1.29 is 14.6 Å². The molecule has 4 rings (SSSR count). The van der Waals surface area contributed by atoms with Crippen LogP contribution in [0.2, 0.25) is 0 Å². The number of hydrogen-bond donors (Lipinski definition) is 2. The molecule has 0 spiro atoms. The van der Waals surface area contributed by atoms with E-state index in [4.69, 9.17) is 9.84 Å². The topological polar surface area (TPSA) is 108 Å². The second-order valence-corrected chi connectivity index (χ2v) is 8.57. The summed E-state index contributed by atoms with van der Waals surface area (Å²) in [7, 11) is 0. The summed E-state index contributed by atoms with van der Waals surface area (Å²) in [4.78, 5) is 11.6. The van der Waals surface area contributed by atoms with Gasteiger partial charge in [-0.3, -0.25) is 4.79 Å². The predicted molar refractivity (Wildman–Crippen MR) is 118 cm³/mol. The Morgan fingerprint density at radius 1 is 1.32 bits per heavy atom. The number of aliphatic hydroxyl groups excluding tert-OH is 1. The van der Waals surface area contributed by atoms with Crippen LogP contribution in [0.15, 0.2) is 36.4 Å². The van der Waals surface area contributed by atoms with Crippen LogP contribution in [-0.4, -0.2) is 33.9 Å². The Morgan fingerprint density at radius 3 is 2.87 bits per heavy atom. The van der Waals surface area contributed by atoms with Crippen LogP contribution in [0.5, 0.6) is 5.75 Å². The summed E-state index contributed by atoms with van der Waals surface area (Å²) < 4.78 is 5.70. The molecule has 31 heavy (non-hydrogen) atoms. The summed E-state index contributed by atoms with van der Waals surface area (Å²) in [5.41, 5.74) is 4.48. The molecule has 1 aliphatic rings. The zero-order valence-electron chi connectivity index (χ0n) is 17.3. The first-order valence-corrected chi connectivity index (χ1v) is 10.9. The smallest absolute Gasteiger partial charge is 0.246 e. The summed E-state index contributed by atoms with van der Waals surface area (Å²) >= 11 is 1.46. The molecule has 1 amide bonds. The molecule has 2 aromatic carbocycles. The molecule has 0 fully saturated rings. The second kappa shape index (κ2) is 8.84. The zero-order chi connectivity index (χ0) is 22.0. The number of benzene rings is 2. The maximum atomic E-state index is 11.6. The van der Waals surface area contributed by atoms with Crippen LogP contribution < -0.4 is 10.1 Å². The van der Waals surface area contributed by atoms with Crippen LogP contribution in [0.4, 0.5) is 0 Å². The highest BCUT2D eigenvalue weighted by Crippen LogP contribution is 2.40. The average molecular weight is 435 g/mol. The lowest BCUT2D eigenvalue weighted by Gasteiger charge is -2.13. The van der Waals surface area contributed by atoms with Crippen molar-refractivity contribution in [3.63, 3.8) is 0 Å². The number of carbonyl (C=O) groups is 1. The van der Waals surface area contributed by atoms with Gasteiger partial charge in [0, 0.05) is 11.1 Å². The van der Waals surface area contributed by atoms with E-state index in [1.807, 2.05) is 38.1 Å². The quantitative estimate of drug-likeness (QED) is 0.613. The van der Waals surface area contributed by atoms with Gasteiger partial charge in [0.25, 0.3) is 0 Å². The van der Waals surface area contributed by atoms with Crippen molar-refractivity contribution in [1.82, 2.24) is 15.5 Å². The number of fused-ring (bicyclic) bond motifs is 1. The minimum Gasteiger partial charge on any atom is -0.490 e. The van der Waals surface area contributed by atoms with E-state index in [-0.39, 0.29) is 18.1 Å². The number of nitriles is 1. The Labute approximate surface area is 184 Å². The second-order valence-electron chi connectivity index (χ2n) is 7.59. The van der Waals surface area contributed by atoms with Gasteiger partial charge in [0.15, 0.2) is 0 Å². The van der Waals surface area contributed by atoms with Gasteiger partial charge in [-0.2, -0.15) is 5.26 Å². The molecule has 158 valence electrons. The molecule has 8 heteroatoms. The number of rotatable bonds is 6. The first kappa shape index (κ1) is 21.0. The molecule has 1 atom stereocenters. The molecule has 1 aliphatic carbocycles. The van der Waals surface area contributed by atoms with Crippen LogP contribution in [0.3, 0.4) is 0 Å². The van der Waals surface area contributed by atoms with Gasteiger partial charge < -0.3 is 15.2 Å². The Kier molecular flexibility index (Phi) is 5.98. The van der Waals surface area contributed by atoms with Crippen LogP contribution in [0, 0.1) is 11.3 Å². The molecule has 7 nitrogen and oxygen atoms in total.